The van der Waals surface area contributed by atoms with E-state index in [2.05, 4.69) is 31.2 Å². The van der Waals surface area contributed by atoms with Gasteiger partial charge in [0.1, 0.15) is 11.0 Å². The molecule has 0 unspecified atom stereocenters. The highest BCUT2D eigenvalue weighted by Crippen LogP contribution is 2.23. The molecule has 0 atom stereocenters. The van der Waals surface area contributed by atoms with Crippen LogP contribution in [0.15, 0.2) is 28.7 Å². The molecule has 19 heavy (non-hydrogen) atoms. The summed E-state index contributed by atoms with van der Waals surface area (Å²) >= 11 is 20.5. The summed E-state index contributed by atoms with van der Waals surface area (Å²) in [5.74, 6) is -0.158. The van der Waals surface area contributed by atoms with E-state index < -0.39 is 0 Å². The number of rotatable bonds is 2. The van der Waals surface area contributed by atoms with Crippen molar-refractivity contribution in [1.29, 1.82) is 0 Å². The van der Waals surface area contributed by atoms with Crippen LogP contribution in [0, 0.1) is 0 Å². The fourth-order valence-corrected chi connectivity index (χ4v) is 2.12. The van der Waals surface area contributed by atoms with E-state index in [4.69, 9.17) is 34.8 Å². The number of carbonyl (C=O) groups excluding carboxylic acids is 1. The number of hydrogen-bond donors (Lipinski definition) is 1. The highest BCUT2D eigenvalue weighted by molar-refractivity contribution is 9.10. The molecule has 0 saturated heterocycles. The lowest BCUT2D eigenvalue weighted by molar-refractivity contribution is 0.102. The monoisotopic (exact) mass is 379 g/mol. The average Bonchev–Trinajstić information content (AvgIpc) is 2.31. The molecule has 8 heteroatoms. The van der Waals surface area contributed by atoms with Crippen molar-refractivity contribution in [3.8, 4) is 0 Å². The molecule has 2 rings (SSSR count). The van der Waals surface area contributed by atoms with Crippen LogP contribution in [0.4, 0.5) is 5.82 Å². The van der Waals surface area contributed by atoms with E-state index in [-0.39, 0.29) is 22.2 Å². The Morgan fingerprint density at radius 2 is 1.89 bits per heavy atom. The molecule has 1 aromatic heterocycles. The Hall–Kier alpha value is -0.880. The largest absolute Gasteiger partial charge is 0.306 e. The van der Waals surface area contributed by atoms with Gasteiger partial charge in [0.2, 0.25) is 5.28 Å². The van der Waals surface area contributed by atoms with Crippen LogP contribution < -0.4 is 5.32 Å². The van der Waals surface area contributed by atoms with Crippen molar-refractivity contribution in [1.82, 2.24) is 9.97 Å². The molecule has 0 aliphatic heterocycles. The summed E-state index contributed by atoms with van der Waals surface area (Å²) in [5.41, 5.74) is 0.388. The molecule has 1 N–H and O–H groups in total. The smallest absolute Gasteiger partial charge is 0.256 e. The van der Waals surface area contributed by atoms with Crippen LogP contribution in [0.2, 0.25) is 15.5 Å². The first kappa shape index (κ1) is 14.5. The van der Waals surface area contributed by atoms with E-state index in [1.54, 1.807) is 12.1 Å². The van der Waals surface area contributed by atoms with Gasteiger partial charge in [0.25, 0.3) is 5.91 Å². The zero-order chi connectivity index (χ0) is 14.0. The normalized spacial score (nSPS) is 10.3. The fourth-order valence-electron chi connectivity index (χ4n) is 1.28. The van der Waals surface area contributed by atoms with Gasteiger partial charge in [0, 0.05) is 16.1 Å². The molecule has 1 aromatic carbocycles. The number of aromatic nitrogens is 2. The lowest BCUT2D eigenvalue weighted by Gasteiger charge is -2.06. The number of benzene rings is 1. The number of anilines is 1. The highest BCUT2D eigenvalue weighted by Gasteiger charge is 2.10. The second kappa shape index (κ2) is 6.05. The third-order valence-corrected chi connectivity index (χ3v) is 3.69. The summed E-state index contributed by atoms with van der Waals surface area (Å²) in [5, 5.41) is 3.09. The second-order valence-corrected chi connectivity index (χ2v) is 5.41. The van der Waals surface area contributed by atoms with Gasteiger partial charge in [-0.3, -0.25) is 4.79 Å². The maximum absolute atomic E-state index is 12.0. The maximum Gasteiger partial charge on any atom is 0.256 e. The van der Waals surface area contributed by atoms with E-state index in [9.17, 15) is 4.79 Å². The van der Waals surface area contributed by atoms with Crippen molar-refractivity contribution in [3.05, 3.63) is 49.8 Å². The predicted molar refractivity (Wildman–Crippen MR) is 79.2 cm³/mol. The Morgan fingerprint density at radius 1 is 1.16 bits per heavy atom. The van der Waals surface area contributed by atoms with Gasteiger partial charge in [-0.25, -0.2) is 9.97 Å². The van der Waals surface area contributed by atoms with Crippen LogP contribution in [-0.2, 0) is 0 Å². The molecule has 2 aromatic rings. The molecule has 1 amide bonds. The van der Waals surface area contributed by atoms with Crippen LogP contribution in [-0.4, -0.2) is 15.9 Å². The quantitative estimate of drug-likeness (QED) is 0.618. The number of hydrogen-bond acceptors (Lipinski definition) is 3. The molecule has 0 fully saturated rings. The molecule has 4 nitrogen and oxygen atoms in total. The molecule has 98 valence electrons. The third kappa shape index (κ3) is 3.79. The topological polar surface area (TPSA) is 54.9 Å². The molecule has 0 saturated carbocycles. The zero-order valence-electron chi connectivity index (χ0n) is 9.12. The molecule has 0 aliphatic carbocycles. The second-order valence-electron chi connectivity index (χ2n) is 3.43. The minimum Gasteiger partial charge on any atom is -0.306 e. The standard InChI is InChI=1S/C11H5BrCl3N3O/c12-6-2-1-5(3-7(6)13)10(19)17-9-4-8(14)16-11(15)18-9/h1-4H,(H,16,17,18,19). The van der Waals surface area contributed by atoms with Crippen LogP contribution >= 0.6 is 50.7 Å². The Kier molecular flexibility index (Phi) is 4.62. The van der Waals surface area contributed by atoms with Gasteiger partial charge >= 0.3 is 0 Å². The molecule has 1 heterocycles. The summed E-state index contributed by atoms with van der Waals surface area (Å²) in [6.45, 7) is 0. The molecule has 0 aliphatic rings. The third-order valence-electron chi connectivity index (χ3n) is 2.09. The van der Waals surface area contributed by atoms with Gasteiger partial charge in [0.15, 0.2) is 0 Å². The summed E-state index contributed by atoms with van der Waals surface area (Å²) in [4.78, 5) is 19.5. The van der Waals surface area contributed by atoms with E-state index >= 15 is 0 Å². The first-order valence-electron chi connectivity index (χ1n) is 4.92. The van der Waals surface area contributed by atoms with E-state index in [0.717, 1.165) is 0 Å². The van der Waals surface area contributed by atoms with Gasteiger partial charge in [0.05, 0.1) is 5.02 Å². The predicted octanol–water partition coefficient (Wildman–Crippen LogP) is 4.45. The highest BCUT2D eigenvalue weighted by atomic mass is 79.9. The Balaban J connectivity index is 2.22. The Morgan fingerprint density at radius 3 is 2.53 bits per heavy atom. The van der Waals surface area contributed by atoms with Crippen molar-refractivity contribution in [2.75, 3.05) is 5.32 Å². The molecular weight excluding hydrogens is 376 g/mol. The lowest BCUT2D eigenvalue weighted by Crippen LogP contribution is -2.13. The summed E-state index contributed by atoms with van der Waals surface area (Å²) < 4.78 is 0.707. The van der Waals surface area contributed by atoms with Gasteiger partial charge in [-0.05, 0) is 45.7 Å². The van der Waals surface area contributed by atoms with Gasteiger partial charge < -0.3 is 5.32 Å². The molecule has 0 radical (unpaired) electrons. The van der Waals surface area contributed by atoms with Gasteiger partial charge in [-0.2, -0.15) is 0 Å². The number of carbonyl (C=O) groups is 1. The molecular formula is C11H5BrCl3N3O. The Labute approximate surface area is 132 Å². The average molecular weight is 381 g/mol. The van der Waals surface area contributed by atoms with Crippen LogP contribution in [0.25, 0.3) is 0 Å². The minimum atomic E-state index is -0.375. The summed E-state index contributed by atoms with van der Waals surface area (Å²) in [6, 6.07) is 6.23. The van der Waals surface area contributed by atoms with Crippen molar-refractivity contribution >= 4 is 62.5 Å². The molecule has 0 bridgehead atoms. The number of nitrogens with zero attached hydrogens (tertiary/aromatic N) is 2. The van der Waals surface area contributed by atoms with Crippen LogP contribution in [0.3, 0.4) is 0 Å². The summed E-state index contributed by atoms with van der Waals surface area (Å²) in [7, 11) is 0. The SMILES string of the molecule is O=C(Nc1cc(Cl)nc(Cl)n1)c1ccc(Br)c(Cl)c1. The van der Waals surface area contributed by atoms with E-state index in [0.29, 0.717) is 15.1 Å². The zero-order valence-corrected chi connectivity index (χ0v) is 13.0. The summed E-state index contributed by atoms with van der Waals surface area (Å²) in [6.07, 6.45) is 0. The number of nitrogens with one attached hydrogen (secondary N) is 1. The first-order chi connectivity index (χ1) is 8.95. The molecule has 0 spiro atoms. The fraction of sp³-hybridized carbons (Fsp3) is 0. The van der Waals surface area contributed by atoms with Crippen molar-refractivity contribution < 1.29 is 4.79 Å². The van der Waals surface area contributed by atoms with Gasteiger partial charge in [-0.15, -0.1) is 0 Å². The first-order valence-corrected chi connectivity index (χ1v) is 6.85. The van der Waals surface area contributed by atoms with Crippen molar-refractivity contribution in [2.45, 2.75) is 0 Å². The van der Waals surface area contributed by atoms with Crippen molar-refractivity contribution in [3.63, 3.8) is 0 Å². The van der Waals surface area contributed by atoms with Crippen molar-refractivity contribution in [2.24, 2.45) is 0 Å². The van der Waals surface area contributed by atoms with Crippen LogP contribution in [0.1, 0.15) is 10.4 Å². The van der Waals surface area contributed by atoms with Gasteiger partial charge in [-0.1, -0.05) is 23.2 Å². The number of halogens is 4. The van der Waals surface area contributed by atoms with E-state index in [1.165, 1.54) is 12.1 Å². The lowest BCUT2D eigenvalue weighted by atomic mass is 10.2. The number of amides is 1. The van der Waals surface area contributed by atoms with Crippen LogP contribution in [0.5, 0.6) is 0 Å². The maximum atomic E-state index is 12.0. The Bertz CT molecular complexity index is 631. The van der Waals surface area contributed by atoms with E-state index in [1.807, 2.05) is 0 Å². The minimum absolute atomic E-state index is 0.0448.